The molecule has 7 nitrogen and oxygen atoms in total. The minimum absolute atomic E-state index is 0.113. The molecule has 2 aromatic carbocycles. The zero-order valence-electron chi connectivity index (χ0n) is 15.6. The molecule has 1 aliphatic heterocycles. The Balaban J connectivity index is 1.88. The second-order valence-electron chi connectivity index (χ2n) is 6.45. The zero-order chi connectivity index (χ0) is 19.7. The van der Waals surface area contributed by atoms with Gasteiger partial charge in [0.2, 0.25) is 5.95 Å². The lowest BCUT2D eigenvalue weighted by Crippen LogP contribution is -2.29. The molecule has 1 atom stereocenters. The first-order chi connectivity index (χ1) is 13.6. The van der Waals surface area contributed by atoms with Gasteiger partial charge in [-0.05, 0) is 31.5 Å². The first-order valence-electron chi connectivity index (χ1n) is 9.04. The number of hydrogen-bond acceptors (Lipinski definition) is 6. The topological polar surface area (TPSA) is 89.3 Å². The number of esters is 1. The van der Waals surface area contributed by atoms with Crippen LogP contribution < -0.4 is 5.32 Å². The number of hydrogen-bond donors (Lipinski definition) is 2. The fourth-order valence-corrected chi connectivity index (χ4v) is 3.34. The van der Waals surface area contributed by atoms with E-state index in [0.717, 1.165) is 11.1 Å². The summed E-state index contributed by atoms with van der Waals surface area (Å²) in [7, 11) is 0. The average molecular weight is 376 g/mol. The molecule has 0 saturated carbocycles. The van der Waals surface area contributed by atoms with Crippen LogP contribution in [0.15, 0.2) is 65.9 Å². The van der Waals surface area contributed by atoms with Gasteiger partial charge in [-0.2, -0.15) is 4.98 Å². The number of fused-ring (bicyclic) bond motifs is 1. The highest BCUT2D eigenvalue weighted by Gasteiger charge is 2.35. The van der Waals surface area contributed by atoms with E-state index in [1.54, 1.807) is 29.8 Å². The van der Waals surface area contributed by atoms with Gasteiger partial charge in [-0.25, -0.2) is 9.48 Å². The van der Waals surface area contributed by atoms with Crippen molar-refractivity contribution in [1.29, 1.82) is 0 Å². The van der Waals surface area contributed by atoms with Crippen LogP contribution in [0, 0.1) is 0 Å². The largest absolute Gasteiger partial charge is 0.508 e. The number of rotatable bonds is 4. The van der Waals surface area contributed by atoms with Crippen LogP contribution in [0.25, 0.3) is 11.4 Å². The van der Waals surface area contributed by atoms with E-state index in [1.807, 2.05) is 43.3 Å². The second-order valence-corrected chi connectivity index (χ2v) is 6.45. The zero-order valence-corrected chi connectivity index (χ0v) is 15.6. The summed E-state index contributed by atoms with van der Waals surface area (Å²) in [5, 5.41) is 17.8. The summed E-state index contributed by atoms with van der Waals surface area (Å²) in [5.74, 6) is 0.758. The number of ether oxygens (including phenoxy) is 1. The number of aromatic hydroxyl groups is 1. The van der Waals surface area contributed by atoms with Crippen molar-refractivity contribution in [3.05, 3.63) is 71.4 Å². The van der Waals surface area contributed by atoms with Gasteiger partial charge in [0.05, 0.1) is 12.2 Å². The van der Waals surface area contributed by atoms with Gasteiger partial charge in [0.15, 0.2) is 5.82 Å². The Morgan fingerprint density at radius 1 is 1.21 bits per heavy atom. The van der Waals surface area contributed by atoms with Gasteiger partial charge in [0, 0.05) is 11.3 Å². The summed E-state index contributed by atoms with van der Waals surface area (Å²) in [6.45, 7) is 3.84. The Morgan fingerprint density at radius 2 is 2.00 bits per heavy atom. The van der Waals surface area contributed by atoms with Crippen molar-refractivity contribution in [2.45, 2.75) is 19.9 Å². The van der Waals surface area contributed by atoms with E-state index < -0.39 is 12.0 Å². The highest BCUT2D eigenvalue weighted by Crippen LogP contribution is 2.37. The Kier molecular flexibility index (Phi) is 4.57. The fourth-order valence-electron chi connectivity index (χ4n) is 3.34. The summed E-state index contributed by atoms with van der Waals surface area (Å²) in [5.41, 5.74) is 2.67. The number of nitrogens with zero attached hydrogens (tertiary/aromatic N) is 3. The van der Waals surface area contributed by atoms with Gasteiger partial charge in [0.1, 0.15) is 11.8 Å². The fraction of sp³-hybridized carbons (Fsp3) is 0.190. The van der Waals surface area contributed by atoms with Crippen molar-refractivity contribution in [2.75, 3.05) is 11.9 Å². The molecule has 4 rings (SSSR count). The van der Waals surface area contributed by atoms with Gasteiger partial charge in [-0.15, -0.1) is 5.10 Å². The lowest BCUT2D eigenvalue weighted by molar-refractivity contribution is -0.139. The molecule has 3 aromatic rings. The molecule has 7 heteroatoms. The molecule has 142 valence electrons. The van der Waals surface area contributed by atoms with E-state index in [1.165, 1.54) is 0 Å². The van der Waals surface area contributed by atoms with Crippen molar-refractivity contribution in [2.24, 2.45) is 0 Å². The Labute approximate surface area is 162 Å². The van der Waals surface area contributed by atoms with Gasteiger partial charge in [-0.3, -0.25) is 0 Å². The molecule has 1 unspecified atom stereocenters. The molecule has 0 aliphatic carbocycles. The van der Waals surface area contributed by atoms with E-state index in [2.05, 4.69) is 15.4 Å². The number of benzene rings is 2. The van der Waals surface area contributed by atoms with Crippen molar-refractivity contribution in [3.63, 3.8) is 0 Å². The number of allylic oxidation sites excluding steroid dienone is 1. The first kappa shape index (κ1) is 17.8. The number of phenols is 1. The van der Waals surface area contributed by atoms with Crippen LogP contribution >= 0.6 is 0 Å². The highest BCUT2D eigenvalue weighted by molar-refractivity contribution is 5.92. The monoisotopic (exact) mass is 376 g/mol. The quantitative estimate of drug-likeness (QED) is 0.678. The van der Waals surface area contributed by atoms with Crippen molar-refractivity contribution < 1.29 is 14.6 Å². The maximum atomic E-state index is 12.7. The molecule has 0 bridgehead atoms. The number of phenolic OH excluding ortho intramolecular Hbond substituents is 1. The average Bonchev–Trinajstić information content (AvgIpc) is 3.11. The van der Waals surface area contributed by atoms with E-state index in [9.17, 15) is 9.90 Å². The smallest absolute Gasteiger partial charge is 0.338 e. The molecule has 0 saturated heterocycles. The van der Waals surface area contributed by atoms with Gasteiger partial charge in [-0.1, -0.05) is 42.5 Å². The molecule has 0 spiro atoms. The predicted molar refractivity (Wildman–Crippen MR) is 105 cm³/mol. The Hall–Kier alpha value is -3.61. The Morgan fingerprint density at radius 3 is 2.71 bits per heavy atom. The SMILES string of the molecule is CCOC(=O)C1=C(C)Nc2nc(-c3ccccc3)nn2C1c1cccc(O)c1. The molecule has 0 radical (unpaired) electrons. The normalized spacial score (nSPS) is 15.7. The maximum Gasteiger partial charge on any atom is 0.338 e. The van der Waals surface area contributed by atoms with Crippen molar-refractivity contribution in [1.82, 2.24) is 14.8 Å². The van der Waals surface area contributed by atoms with Crippen molar-refractivity contribution >= 4 is 11.9 Å². The summed E-state index contributed by atoms with van der Waals surface area (Å²) in [6, 6.07) is 15.8. The van der Waals surface area contributed by atoms with E-state index >= 15 is 0 Å². The molecule has 0 amide bonds. The first-order valence-corrected chi connectivity index (χ1v) is 9.04. The third-order valence-corrected chi connectivity index (χ3v) is 4.57. The summed E-state index contributed by atoms with van der Waals surface area (Å²) in [4.78, 5) is 17.3. The molecular formula is C21H20N4O3. The third kappa shape index (κ3) is 3.11. The molecule has 2 N–H and O–H groups in total. The van der Waals surface area contributed by atoms with Crippen LogP contribution in [0.5, 0.6) is 5.75 Å². The third-order valence-electron chi connectivity index (χ3n) is 4.57. The minimum atomic E-state index is -0.563. The van der Waals surface area contributed by atoms with Gasteiger partial charge >= 0.3 is 5.97 Å². The van der Waals surface area contributed by atoms with E-state index in [4.69, 9.17) is 4.74 Å². The summed E-state index contributed by atoms with van der Waals surface area (Å²) >= 11 is 0. The minimum Gasteiger partial charge on any atom is -0.508 e. The number of anilines is 1. The van der Waals surface area contributed by atoms with Gasteiger partial charge in [0.25, 0.3) is 0 Å². The van der Waals surface area contributed by atoms with Gasteiger partial charge < -0.3 is 15.2 Å². The number of nitrogens with one attached hydrogen (secondary N) is 1. The van der Waals surface area contributed by atoms with Crippen LogP contribution in [0.3, 0.4) is 0 Å². The number of aromatic nitrogens is 3. The highest BCUT2D eigenvalue weighted by atomic mass is 16.5. The molecule has 1 aromatic heterocycles. The lowest BCUT2D eigenvalue weighted by atomic mass is 9.95. The molecule has 0 fully saturated rings. The summed E-state index contributed by atoms with van der Waals surface area (Å²) < 4.78 is 6.94. The Bertz CT molecular complexity index is 1060. The van der Waals surface area contributed by atoms with Crippen LogP contribution in [-0.4, -0.2) is 32.4 Å². The van der Waals surface area contributed by atoms with Crippen LogP contribution in [0.4, 0.5) is 5.95 Å². The molecule has 1 aliphatic rings. The van der Waals surface area contributed by atoms with Crippen LogP contribution in [0.2, 0.25) is 0 Å². The van der Waals surface area contributed by atoms with Crippen molar-refractivity contribution in [3.8, 4) is 17.1 Å². The van der Waals surface area contributed by atoms with Crippen LogP contribution in [-0.2, 0) is 9.53 Å². The standard InChI is InChI=1S/C21H20N4O3/c1-3-28-20(27)17-13(2)22-21-23-19(14-8-5-4-6-9-14)24-25(21)18(17)15-10-7-11-16(26)12-15/h4-12,18,26H,3H2,1-2H3,(H,22,23,24). The summed E-state index contributed by atoms with van der Waals surface area (Å²) in [6.07, 6.45) is 0. The number of carbonyl (C=O) groups is 1. The molecule has 28 heavy (non-hydrogen) atoms. The predicted octanol–water partition coefficient (Wildman–Crippen LogP) is 3.50. The second kappa shape index (κ2) is 7.19. The van der Waals surface area contributed by atoms with Crippen LogP contribution in [0.1, 0.15) is 25.5 Å². The maximum absolute atomic E-state index is 12.7. The molecular weight excluding hydrogens is 356 g/mol. The number of carbonyl (C=O) groups excluding carboxylic acids is 1. The molecule has 2 heterocycles. The van der Waals surface area contributed by atoms with E-state index in [0.29, 0.717) is 23.0 Å². The van der Waals surface area contributed by atoms with E-state index in [-0.39, 0.29) is 12.4 Å². The lowest BCUT2D eigenvalue weighted by Gasteiger charge is -2.28.